The molecule has 2 aromatic carbocycles. The number of likely N-dealkylation sites (tertiary alicyclic amines) is 2. The average Bonchev–Trinajstić information content (AvgIpc) is 4.07. The predicted molar refractivity (Wildman–Crippen MR) is 213 cm³/mol. The first-order chi connectivity index (χ1) is 28.0. The normalized spacial score (nSPS) is 17.1. The van der Waals surface area contributed by atoms with E-state index in [1.807, 2.05) is 56.3 Å². The fourth-order valence-electron chi connectivity index (χ4n) is 7.53. The minimum atomic E-state index is -0.701. The summed E-state index contributed by atoms with van der Waals surface area (Å²) in [6.45, 7) is 5.90. The molecular formula is C41H47N11O6. The Morgan fingerprint density at radius 2 is 1.40 bits per heavy atom. The number of aromatic amines is 2. The number of carbonyl (C=O) groups is 5. The van der Waals surface area contributed by atoms with E-state index in [1.165, 1.54) is 14.0 Å². The van der Waals surface area contributed by atoms with Crippen molar-refractivity contribution in [2.24, 2.45) is 5.92 Å². The number of benzene rings is 2. The molecule has 2 fully saturated rings. The molecular weight excluding hydrogens is 743 g/mol. The van der Waals surface area contributed by atoms with E-state index in [-0.39, 0.29) is 48.8 Å². The van der Waals surface area contributed by atoms with Crippen LogP contribution in [0.2, 0.25) is 0 Å². The van der Waals surface area contributed by atoms with Gasteiger partial charge in [0, 0.05) is 31.1 Å². The number of amides is 5. The molecule has 3 atom stereocenters. The van der Waals surface area contributed by atoms with Crippen molar-refractivity contribution in [3.8, 4) is 33.8 Å². The van der Waals surface area contributed by atoms with Crippen molar-refractivity contribution >= 4 is 40.8 Å². The standard InChI is InChI=1S/C41H47N11O6/c1-23(2)37(50-41(57)58-4)40(56)52-16-6-8-34(52)39-45-19-31(48-39)26-11-9-25(10-12-26)30-18-43-29-17-27(13-14-28(29)47-30)32-20-46-38(49-32)33-7-5-15-51(33)36(55)22-44-35(54)21-42-24(3)53/h9-14,17-20,23,33-34,37H,5-8,15-16,21-22H2,1-4H3,(H,42,53)(H,44,54)(H,45,48)(H,46,49)(H,50,57)/t33-,34-,37-/m0/s1. The number of nitrogens with zero attached hydrogens (tertiary/aromatic N) is 6. The number of ether oxygens (including phenoxy) is 1. The molecule has 58 heavy (non-hydrogen) atoms. The van der Waals surface area contributed by atoms with Crippen molar-refractivity contribution in [1.82, 2.24) is 55.7 Å². The monoisotopic (exact) mass is 789 g/mol. The molecule has 0 radical (unpaired) electrons. The Bertz CT molecular complexity index is 2320. The minimum absolute atomic E-state index is 0.117. The fourth-order valence-corrected chi connectivity index (χ4v) is 7.53. The summed E-state index contributed by atoms with van der Waals surface area (Å²) >= 11 is 0. The van der Waals surface area contributed by atoms with Gasteiger partial charge in [0.05, 0.1) is 79.0 Å². The molecule has 302 valence electrons. The van der Waals surface area contributed by atoms with Crippen molar-refractivity contribution in [2.45, 2.75) is 64.6 Å². The summed E-state index contributed by atoms with van der Waals surface area (Å²) in [7, 11) is 1.28. The van der Waals surface area contributed by atoms with Gasteiger partial charge in [0.15, 0.2) is 0 Å². The first-order valence-electron chi connectivity index (χ1n) is 19.4. The molecule has 0 unspecified atom stereocenters. The van der Waals surface area contributed by atoms with Gasteiger partial charge in [-0.05, 0) is 49.3 Å². The number of nitrogens with one attached hydrogen (secondary N) is 5. The smallest absolute Gasteiger partial charge is 0.407 e. The summed E-state index contributed by atoms with van der Waals surface area (Å²) in [5.74, 6) is 0.134. The summed E-state index contributed by atoms with van der Waals surface area (Å²) < 4.78 is 4.75. The zero-order chi connectivity index (χ0) is 40.9. The van der Waals surface area contributed by atoms with Crippen LogP contribution in [0.1, 0.15) is 70.2 Å². The summed E-state index contributed by atoms with van der Waals surface area (Å²) in [5, 5.41) is 7.67. The van der Waals surface area contributed by atoms with Crippen molar-refractivity contribution in [3.05, 3.63) is 72.7 Å². The maximum atomic E-state index is 13.5. The highest BCUT2D eigenvalue weighted by molar-refractivity contribution is 5.88. The van der Waals surface area contributed by atoms with Crippen LogP contribution in [0.15, 0.2) is 61.1 Å². The molecule has 3 aromatic heterocycles. The van der Waals surface area contributed by atoms with E-state index < -0.39 is 18.0 Å². The van der Waals surface area contributed by atoms with Gasteiger partial charge >= 0.3 is 6.09 Å². The summed E-state index contributed by atoms with van der Waals surface area (Å²) in [5.41, 5.74) is 6.47. The van der Waals surface area contributed by atoms with Gasteiger partial charge in [-0.25, -0.2) is 19.7 Å². The second-order valence-corrected chi connectivity index (χ2v) is 14.9. The van der Waals surface area contributed by atoms with Gasteiger partial charge in [0.2, 0.25) is 23.6 Å². The third-order valence-electron chi connectivity index (χ3n) is 10.6. The summed E-state index contributed by atoms with van der Waals surface area (Å²) in [6.07, 6.45) is 7.79. The number of hydrogen-bond donors (Lipinski definition) is 5. The van der Waals surface area contributed by atoms with Crippen LogP contribution >= 0.6 is 0 Å². The summed E-state index contributed by atoms with van der Waals surface area (Å²) in [6, 6.07) is 12.6. The average molecular weight is 790 g/mol. The number of carbonyl (C=O) groups excluding carboxylic acids is 5. The van der Waals surface area contributed by atoms with Crippen molar-refractivity contribution in [3.63, 3.8) is 0 Å². The highest BCUT2D eigenvalue weighted by atomic mass is 16.5. The zero-order valence-corrected chi connectivity index (χ0v) is 32.9. The third kappa shape index (κ3) is 8.67. The molecule has 0 aliphatic carbocycles. The highest BCUT2D eigenvalue weighted by Gasteiger charge is 2.37. The first kappa shape index (κ1) is 39.6. The Morgan fingerprint density at radius 3 is 2.05 bits per heavy atom. The van der Waals surface area contributed by atoms with Crippen molar-refractivity contribution in [2.75, 3.05) is 33.3 Å². The lowest BCUT2D eigenvalue weighted by atomic mass is 10.0. The fraction of sp³-hybridized carbons (Fsp3) is 0.390. The van der Waals surface area contributed by atoms with Crippen LogP contribution in [-0.2, 0) is 23.9 Å². The number of rotatable bonds is 12. The van der Waals surface area contributed by atoms with Crippen LogP contribution in [0.4, 0.5) is 4.79 Å². The van der Waals surface area contributed by atoms with E-state index in [0.717, 1.165) is 65.0 Å². The maximum Gasteiger partial charge on any atom is 0.407 e. The van der Waals surface area contributed by atoms with Crippen LogP contribution < -0.4 is 16.0 Å². The Hall–Kier alpha value is -6.65. The first-order valence-corrected chi connectivity index (χ1v) is 19.4. The number of H-pyrrole nitrogens is 2. The predicted octanol–water partition coefficient (Wildman–Crippen LogP) is 4.04. The molecule has 5 heterocycles. The van der Waals surface area contributed by atoms with E-state index >= 15 is 0 Å². The molecule has 0 spiro atoms. The van der Waals surface area contributed by atoms with Gasteiger partial charge < -0.3 is 40.5 Å². The van der Waals surface area contributed by atoms with Gasteiger partial charge in [-0.1, -0.05) is 44.2 Å². The zero-order valence-electron chi connectivity index (χ0n) is 32.9. The topological polar surface area (TPSA) is 220 Å². The molecule has 0 saturated carbocycles. The maximum absolute atomic E-state index is 13.5. The molecule has 17 nitrogen and oxygen atoms in total. The summed E-state index contributed by atoms with van der Waals surface area (Å²) in [4.78, 5) is 90.7. The van der Waals surface area contributed by atoms with Crippen LogP contribution in [0, 0.1) is 5.92 Å². The molecule has 0 bridgehead atoms. The second kappa shape index (κ2) is 17.2. The number of aromatic nitrogens is 6. The molecule has 5 amide bonds. The van der Waals surface area contributed by atoms with Gasteiger partial charge in [-0.2, -0.15) is 0 Å². The van der Waals surface area contributed by atoms with E-state index in [0.29, 0.717) is 30.3 Å². The van der Waals surface area contributed by atoms with Gasteiger partial charge in [-0.15, -0.1) is 0 Å². The lowest BCUT2D eigenvalue weighted by Crippen LogP contribution is -2.51. The Kier molecular flexibility index (Phi) is 11.8. The molecule has 5 aromatic rings. The number of alkyl carbamates (subject to hydrolysis) is 1. The van der Waals surface area contributed by atoms with Gasteiger partial charge in [0.1, 0.15) is 17.7 Å². The SMILES string of the molecule is COC(=O)N[C@H](C(=O)N1CCC[C@H]1c1ncc(-c2ccc(-c3cnc4cc(-c5cnc([C@@H]6CCCN6C(=O)CNC(=O)CNC(C)=O)[nH]5)ccc4n3)cc2)[nH]1)C(C)C. The minimum Gasteiger partial charge on any atom is -0.453 e. The van der Waals surface area contributed by atoms with Crippen LogP contribution in [-0.4, -0.2) is 109 Å². The second-order valence-electron chi connectivity index (χ2n) is 14.9. The van der Waals surface area contributed by atoms with Crippen molar-refractivity contribution in [1.29, 1.82) is 0 Å². The molecule has 2 aliphatic heterocycles. The molecule has 7 rings (SSSR count). The number of imidazole rings is 2. The van der Waals surface area contributed by atoms with Crippen LogP contribution in [0.3, 0.4) is 0 Å². The number of fused-ring (bicyclic) bond motifs is 1. The van der Waals surface area contributed by atoms with Gasteiger partial charge in [-0.3, -0.25) is 24.2 Å². The lowest BCUT2D eigenvalue weighted by Gasteiger charge is -2.30. The molecule has 2 saturated heterocycles. The molecule has 5 N–H and O–H groups in total. The highest BCUT2D eigenvalue weighted by Crippen LogP contribution is 2.34. The largest absolute Gasteiger partial charge is 0.453 e. The van der Waals surface area contributed by atoms with E-state index in [1.54, 1.807) is 28.4 Å². The lowest BCUT2D eigenvalue weighted by molar-refractivity contribution is -0.135. The third-order valence-corrected chi connectivity index (χ3v) is 10.6. The van der Waals surface area contributed by atoms with E-state index in [9.17, 15) is 24.0 Å². The molecule has 2 aliphatic rings. The Labute approximate surface area is 334 Å². The van der Waals surface area contributed by atoms with E-state index in [2.05, 4.69) is 35.9 Å². The Morgan fingerprint density at radius 1 is 0.776 bits per heavy atom. The van der Waals surface area contributed by atoms with Crippen molar-refractivity contribution < 1.29 is 28.7 Å². The van der Waals surface area contributed by atoms with Gasteiger partial charge in [0.25, 0.3) is 0 Å². The quantitative estimate of drug-likeness (QED) is 0.122. The number of hydrogen-bond acceptors (Lipinski definition) is 10. The number of methoxy groups -OCH3 is 1. The van der Waals surface area contributed by atoms with E-state index in [4.69, 9.17) is 14.7 Å². The Balaban J connectivity index is 0.994. The van der Waals surface area contributed by atoms with Crippen LogP contribution in [0.5, 0.6) is 0 Å². The van der Waals surface area contributed by atoms with Crippen LogP contribution in [0.25, 0.3) is 44.8 Å². The molecule has 17 heteroatoms.